The maximum absolute atomic E-state index is 13.1. The maximum Gasteiger partial charge on any atom is 0.341 e. The molecular formula is C25H26N2O6S. The van der Waals surface area contributed by atoms with Gasteiger partial charge < -0.3 is 14.9 Å². The van der Waals surface area contributed by atoms with Crippen LogP contribution in [0.1, 0.15) is 35.6 Å². The Bertz CT molecular complexity index is 1270. The van der Waals surface area contributed by atoms with E-state index in [1.54, 1.807) is 18.2 Å². The van der Waals surface area contributed by atoms with E-state index in [0.717, 1.165) is 28.7 Å². The number of ether oxygens (including phenoxy) is 1. The number of nitrogens with zero attached hydrogens (tertiary/aromatic N) is 1. The summed E-state index contributed by atoms with van der Waals surface area (Å²) < 4.78 is 34.4. The summed E-state index contributed by atoms with van der Waals surface area (Å²) in [6.07, 6.45) is 3.93. The molecule has 0 amide bonds. The van der Waals surface area contributed by atoms with Crippen LogP contribution < -0.4 is 9.46 Å². The van der Waals surface area contributed by atoms with Crippen LogP contribution in [-0.4, -0.2) is 42.8 Å². The number of hydrogen-bond acceptors (Lipinski definition) is 6. The molecule has 2 aromatic carbocycles. The fourth-order valence-electron chi connectivity index (χ4n) is 4.19. The topological polar surface area (TPSA) is 126 Å². The summed E-state index contributed by atoms with van der Waals surface area (Å²) in [6.45, 7) is -0.398. The zero-order valence-electron chi connectivity index (χ0n) is 18.5. The summed E-state index contributed by atoms with van der Waals surface area (Å²) >= 11 is 0. The van der Waals surface area contributed by atoms with E-state index in [1.165, 1.54) is 12.3 Å². The molecule has 1 atom stereocenters. The van der Waals surface area contributed by atoms with Crippen molar-refractivity contribution in [2.75, 3.05) is 13.2 Å². The normalized spacial score (nSPS) is 15.5. The molecule has 1 aliphatic carbocycles. The number of carbonyl (C=O) groups is 1. The second-order valence-corrected chi connectivity index (χ2v) is 9.84. The largest absolute Gasteiger partial charge is 0.482 e. The molecule has 3 aromatic rings. The number of carboxylic acid groups (broad SMARTS) is 1. The minimum Gasteiger partial charge on any atom is -0.482 e. The zero-order chi connectivity index (χ0) is 24.1. The highest BCUT2D eigenvalue weighted by Crippen LogP contribution is 2.36. The average molecular weight is 483 g/mol. The Labute approximate surface area is 198 Å². The third-order valence-electron chi connectivity index (χ3n) is 5.78. The lowest BCUT2D eigenvalue weighted by Crippen LogP contribution is -2.31. The van der Waals surface area contributed by atoms with Gasteiger partial charge in [0, 0.05) is 24.4 Å². The van der Waals surface area contributed by atoms with Crippen LogP contribution in [0, 0.1) is 0 Å². The van der Waals surface area contributed by atoms with Crippen molar-refractivity contribution >= 4 is 16.0 Å². The second kappa shape index (κ2) is 10.3. The van der Waals surface area contributed by atoms with Crippen LogP contribution >= 0.6 is 0 Å². The molecule has 3 N–H and O–H groups in total. The van der Waals surface area contributed by atoms with E-state index in [0.29, 0.717) is 30.7 Å². The number of aliphatic carboxylic acids is 1. The lowest BCUT2D eigenvalue weighted by molar-refractivity contribution is -0.139. The summed E-state index contributed by atoms with van der Waals surface area (Å²) in [5, 5.41) is 18.1. The van der Waals surface area contributed by atoms with E-state index in [9.17, 15) is 13.2 Å². The van der Waals surface area contributed by atoms with Crippen LogP contribution in [-0.2, 0) is 27.7 Å². The van der Waals surface area contributed by atoms with Gasteiger partial charge in [-0.3, -0.25) is 4.98 Å². The monoisotopic (exact) mass is 482 g/mol. The van der Waals surface area contributed by atoms with Crippen molar-refractivity contribution in [1.29, 1.82) is 0 Å². The van der Waals surface area contributed by atoms with E-state index in [1.807, 2.05) is 30.3 Å². The number of pyridine rings is 1. The van der Waals surface area contributed by atoms with E-state index in [4.69, 9.17) is 14.9 Å². The van der Waals surface area contributed by atoms with Gasteiger partial charge in [-0.1, -0.05) is 30.3 Å². The number of aliphatic hydroxyl groups excluding tert-OH is 1. The molecule has 178 valence electrons. The van der Waals surface area contributed by atoms with Gasteiger partial charge in [0.1, 0.15) is 10.6 Å². The third kappa shape index (κ3) is 5.44. The molecule has 0 fully saturated rings. The smallest absolute Gasteiger partial charge is 0.341 e. The molecule has 34 heavy (non-hydrogen) atoms. The summed E-state index contributed by atoms with van der Waals surface area (Å²) in [7, 11) is -3.84. The first-order valence-corrected chi connectivity index (χ1v) is 12.5. The Kier molecular flexibility index (Phi) is 7.26. The van der Waals surface area contributed by atoms with Gasteiger partial charge in [-0.15, -0.1) is 0 Å². The number of aromatic nitrogens is 1. The van der Waals surface area contributed by atoms with Gasteiger partial charge in [-0.05, 0) is 66.6 Å². The Hall–Kier alpha value is -3.27. The molecule has 0 saturated carbocycles. The molecule has 0 saturated heterocycles. The molecule has 1 unspecified atom stereocenters. The van der Waals surface area contributed by atoms with Crippen LogP contribution in [0.2, 0.25) is 0 Å². The van der Waals surface area contributed by atoms with Gasteiger partial charge in [0.05, 0.1) is 5.69 Å². The highest BCUT2D eigenvalue weighted by molar-refractivity contribution is 7.89. The summed E-state index contributed by atoms with van der Waals surface area (Å²) in [5.74, 6) is -0.597. The van der Waals surface area contributed by atoms with Gasteiger partial charge in [0.25, 0.3) is 0 Å². The van der Waals surface area contributed by atoms with Gasteiger partial charge in [0.15, 0.2) is 6.61 Å². The van der Waals surface area contributed by atoms with Crippen LogP contribution in [0.5, 0.6) is 5.75 Å². The molecular weight excluding hydrogens is 456 g/mol. The van der Waals surface area contributed by atoms with Crippen molar-refractivity contribution in [1.82, 2.24) is 9.71 Å². The van der Waals surface area contributed by atoms with E-state index >= 15 is 0 Å². The Morgan fingerprint density at radius 2 is 1.97 bits per heavy atom. The average Bonchev–Trinajstić information content (AvgIpc) is 2.83. The quantitative estimate of drug-likeness (QED) is 0.428. The molecule has 0 aliphatic heterocycles. The van der Waals surface area contributed by atoms with Gasteiger partial charge in [0.2, 0.25) is 10.0 Å². The Balaban J connectivity index is 1.54. The summed E-state index contributed by atoms with van der Waals surface area (Å²) in [4.78, 5) is 15.3. The predicted molar refractivity (Wildman–Crippen MR) is 126 cm³/mol. The van der Waals surface area contributed by atoms with E-state index in [2.05, 4.69) is 9.71 Å². The highest BCUT2D eigenvalue weighted by atomic mass is 32.2. The molecule has 4 rings (SSSR count). The number of hydrogen-bond donors (Lipinski definition) is 3. The highest BCUT2D eigenvalue weighted by Gasteiger charge is 2.28. The molecule has 1 aliphatic rings. The number of nitrogens with one attached hydrogen (secondary N) is 1. The van der Waals surface area contributed by atoms with Crippen molar-refractivity contribution in [3.05, 3.63) is 77.5 Å². The van der Waals surface area contributed by atoms with Crippen LogP contribution in [0.15, 0.2) is 65.7 Å². The first kappa shape index (κ1) is 23.9. The fraction of sp³-hybridized carbons (Fsp3) is 0.280. The molecule has 0 bridgehead atoms. The number of carboxylic acids is 1. The van der Waals surface area contributed by atoms with E-state index in [-0.39, 0.29) is 11.5 Å². The van der Waals surface area contributed by atoms with Crippen LogP contribution in [0.25, 0.3) is 11.3 Å². The van der Waals surface area contributed by atoms with Crippen LogP contribution in [0.3, 0.4) is 0 Å². The minimum atomic E-state index is -3.84. The molecule has 0 radical (unpaired) electrons. The number of benzene rings is 2. The predicted octanol–water partition coefficient (Wildman–Crippen LogP) is 3.10. The second-order valence-electron chi connectivity index (χ2n) is 8.13. The lowest BCUT2D eigenvalue weighted by Gasteiger charge is -2.27. The SMILES string of the molecule is O=C(O)COc1cccc2c1CCCC2NS(=O)(=O)c1ccc(-c2cccc(CCO)c2)nc1. The van der Waals surface area contributed by atoms with Crippen LogP contribution in [0.4, 0.5) is 0 Å². The fourth-order valence-corrected chi connectivity index (χ4v) is 5.39. The van der Waals surface area contributed by atoms with Crippen molar-refractivity contribution < 1.29 is 28.2 Å². The molecule has 9 heteroatoms. The van der Waals surface area contributed by atoms with E-state index < -0.39 is 28.6 Å². The van der Waals surface area contributed by atoms with Gasteiger partial charge in [-0.2, -0.15) is 0 Å². The molecule has 0 spiro atoms. The standard InChI is InChI=1S/C25H26N2O6S/c28-13-12-17-4-1-5-18(14-17)22-11-10-19(15-26-22)34(31,32)27-23-8-2-7-21-20(23)6-3-9-24(21)33-16-25(29)30/h1,3-6,9-11,14-15,23,27-28H,2,7-8,12-13,16H2,(H,29,30). The Morgan fingerprint density at radius 1 is 1.15 bits per heavy atom. The molecule has 1 heterocycles. The van der Waals surface area contributed by atoms with Crippen molar-refractivity contribution in [2.24, 2.45) is 0 Å². The number of rotatable bonds is 9. The van der Waals surface area contributed by atoms with Gasteiger partial charge >= 0.3 is 5.97 Å². The molecule has 1 aromatic heterocycles. The summed E-state index contributed by atoms with van der Waals surface area (Å²) in [6, 6.07) is 15.6. The van der Waals surface area contributed by atoms with Gasteiger partial charge in [-0.25, -0.2) is 17.9 Å². The summed E-state index contributed by atoms with van der Waals surface area (Å²) in [5.41, 5.74) is 4.09. The number of aliphatic hydroxyl groups is 1. The molecule has 8 nitrogen and oxygen atoms in total. The number of sulfonamides is 1. The first-order chi connectivity index (χ1) is 16.4. The maximum atomic E-state index is 13.1. The third-order valence-corrected chi connectivity index (χ3v) is 7.24. The lowest BCUT2D eigenvalue weighted by atomic mass is 9.87. The number of fused-ring (bicyclic) bond motifs is 1. The van der Waals surface area contributed by atoms with Crippen molar-refractivity contribution in [3.63, 3.8) is 0 Å². The van der Waals surface area contributed by atoms with Crippen molar-refractivity contribution in [3.8, 4) is 17.0 Å². The first-order valence-electron chi connectivity index (χ1n) is 11.0. The zero-order valence-corrected chi connectivity index (χ0v) is 19.3. The van der Waals surface area contributed by atoms with Crippen molar-refractivity contribution in [2.45, 2.75) is 36.6 Å². The minimum absolute atomic E-state index is 0.0528. The Morgan fingerprint density at radius 3 is 2.71 bits per heavy atom.